The minimum atomic E-state index is -4.25. The third kappa shape index (κ3) is 2.38. The number of hydrogen-bond acceptors (Lipinski definition) is 4. The van der Waals surface area contributed by atoms with Crippen molar-refractivity contribution in [2.24, 2.45) is 0 Å². The molecule has 1 heterocycles. The van der Waals surface area contributed by atoms with Crippen molar-refractivity contribution in [3.63, 3.8) is 0 Å². The van der Waals surface area contributed by atoms with Gasteiger partial charge < -0.3 is 9.29 Å². The van der Waals surface area contributed by atoms with Crippen LogP contribution in [0.2, 0.25) is 0 Å². The SMILES string of the molecule is CC1=CCC2(C=C1)OCC2S(=O)(=O)[O-].[Na+]. The maximum Gasteiger partial charge on any atom is 1.00 e. The number of ether oxygens (including phenoxy) is 1. The second kappa shape index (κ2) is 4.31. The molecule has 0 N–H and O–H groups in total. The predicted octanol–water partition coefficient (Wildman–Crippen LogP) is -2.42. The van der Waals surface area contributed by atoms with Crippen LogP contribution in [-0.2, 0) is 14.9 Å². The summed E-state index contributed by atoms with van der Waals surface area (Å²) in [6.07, 6.45) is 5.84. The molecule has 1 fully saturated rings. The second-order valence-electron chi connectivity index (χ2n) is 3.73. The van der Waals surface area contributed by atoms with E-state index in [0.29, 0.717) is 6.42 Å². The van der Waals surface area contributed by atoms with Gasteiger partial charge in [-0.1, -0.05) is 23.8 Å². The van der Waals surface area contributed by atoms with Gasteiger partial charge >= 0.3 is 29.6 Å². The summed E-state index contributed by atoms with van der Waals surface area (Å²) in [4.78, 5) is 0. The molecule has 0 aromatic heterocycles. The van der Waals surface area contributed by atoms with E-state index in [1.165, 1.54) is 0 Å². The zero-order valence-corrected chi connectivity index (χ0v) is 11.6. The topological polar surface area (TPSA) is 66.4 Å². The van der Waals surface area contributed by atoms with E-state index in [-0.39, 0.29) is 36.2 Å². The third-order valence-electron chi connectivity index (χ3n) is 2.77. The summed E-state index contributed by atoms with van der Waals surface area (Å²) in [6, 6.07) is 0. The van der Waals surface area contributed by atoms with Gasteiger partial charge in [-0.05, 0) is 13.3 Å². The van der Waals surface area contributed by atoms with E-state index in [4.69, 9.17) is 4.74 Å². The second-order valence-corrected chi connectivity index (χ2v) is 5.29. The molecule has 1 spiro atoms. The van der Waals surface area contributed by atoms with E-state index < -0.39 is 21.0 Å². The largest absolute Gasteiger partial charge is 1.00 e. The fraction of sp³-hybridized carbons (Fsp3) is 0.556. The molecule has 78 valence electrons. The molecule has 0 radical (unpaired) electrons. The Kier molecular flexibility index (Phi) is 3.86. The Morgan fingerprint density at radius 3 is 2.60 bits per heavy atom. The summed E-state index contributed by atoms with van der Waals surface area (Å²) in [5.74, 6) is 0. The van der Waals surface area contributed by atoms with Gasteiger partial charge in [0.05, 0.1) is 6.61 Å². The summed E-state index contributed by atoms with van der Waals surface area (Å²) in [5, 5.41) is -0.921. The van der Waals surface area contributed by atoms with Crippen LogP contribution in [0.1, 0.15) is 13.3 Å². The van der Waals surface area contributed by atoms with Crippen LogP contribution in [0.25, 0.3) is 0 Å². The summed E-state index contributed by atoms with van der Waals surface area (Å²) in [6.45, 7) is 1.94. The molecule has 2 unspecified atom stereocenters. The molecule has 0 saturated carbocycles. The van der Waals surface area contributed by atoms with Gasteiger partial charge in [0.1, 0.15) is 21.0 Å². The molecular weight excluding hydrogens is 227 g/mol. The third-order valence-corrected chi connectivity index (χ3v) is 4.00. The summed E-state index contributed by atoms with van der Waals surface area (Å²) >= 11 is 0. The van der Waals surface area contributed by atoms with Crippen LogP contribution in [0, 0.1) is 0 Å². The van der Waals surface area contributed by atoms with Gasteiger partial charge in [0.25, 0.3) is 0 Å². The van der Waals surface area contributed by atoms with Crippen molar-refractivity contribution in [2.45, 2.75) is 24.2 Å². The van der Waals surface area contributed by atoms with Crippen LogP contribution in [0.15, 0.2) is 23.8 Å². The molecule has 0 amide bonds. The fourth-order valence-corrected chi connectivity index (χ4v) is 2.73. The van der Waals surface area contributed by atoms with Crippen molar-refractivity contribution in [2.75, 3.05) is 6.61 Å². The van der Waals surface area contributed by atoms with Crippen LogP contribution in [0.3, 0.4) is 0 Å². The molecular formula is C9H11NaO4S. The molecule has 0 aromatic rings. The first kappa shape index (κ1) is 13.4. The Balaban J connectivity index is 0.00000112. The van der Waals surface area contributed by atoms with Gasteiger partial charge in [-0.15, -0.1) is 0 Å². The summed E-state index contributed by atoms with van der Waals surface area (Å²) in [7, 11) is -4.25. The van der Waals surface area contributed by atoms with Crippen molar-refractivity contribution in [3.05, 3.63) is 23.8 Å². The van der Waals surface area contributed by atoms with E-state index in [0.717, 1.165) is 5.57 Å². The fourth-order valence-electron chi connectivity index (χ4n) is 1.77. The number of allylic oxidation sites excluding steroid dienone is 2. The van der Waals surface area contributed by atoms with Crippen molar-refractivity contribution in [1.29, 1.82) is 0 Å². The maximum atomic E-state index is 10.9. The van der Waals surface area contributed by atoms with E-state index in [1.807, 2.05) is 13.0 Å². The number of hydrogen-bond donors (Lipinski definition) is 0. The molecule has 0 aromatic carbocycles. The molecule has 6 heteroatoms. The van der Waals surface area contributed by atoms with Crippen LogP contribution < -0.4 is 29.6 Å². The van der Waals surface area contributed by atoms with E-state index in [2.05, 4.69) is 0 Å². The summed E-state index contributed by atoms with van der Waals surface area (Å²) in [5.41, 5.74) is 0.188. The van der Waals surface area contributed by atoms with Crippen molar-refractivity contribution in [3.8, 4) is 0 Å². The van der Waals surface area contributed by atoms with Crippen LogP contribution in [0.4, 0.5) is 0 Å². The first-order valence-electron chi connectivity index (χ1n) is 4.39. The van der Waals surface area contributed by atoms with Gasteiger partial charge in [0, 0.05) is 0 Å². The molecule has 1 saturated heterocycles. The monoisotopic (exact) mass is 238 g/mol. The Hall–Kier alpha value is 0.350. The average Bonchev–Trinajstić information content (AvgIpc) is 2.00. The van der Waals surface area contributed by atoms with Crippen LogP contribution >= 0.6 is 0 Å². The number of rotatable bonds is 1. The van der Waals surface area contributed by atoms with Gasteiger partial charge in [0.15, 0.2) is 0 Å². The van der Waals surface area contributed by atoms with E-state index >= 15 is 0 Å². The molecule has 1 aliphatic carbocycles. The molecule has 2 rings (SSSR count). The Morgan fingerprint density at radius 1 is 1.60 bits per heavy atom. The van der Waals surface area contributed by atoms with Gasteiger partial charge in [-0.25, -0.2) is 8.42 Å². The van der Waals surface area contributed by atoms with Gasteiger partial charge in [0.2, 0.25) is 0 Å². The van der Waals surface area contributed by atoms with Gasteiger partial charge in [-0.2, -0.15) is 0 Å². The van der Waals surface area contributed by atoms with Crippen LogP contribution in [-0.4, -0.2) is 30.4 Å². The zero-order valence-electron chi connectivity index (χ0n) is 8.76. The maximum absolute atomic E-state index is 10.9. The van der Waals surface area contributed by atoms with Gasteiger partial charge in [-0.3, -0.25) is 0 Å². The molecule has 2 atom stereocenters. The summed E-state index contributed by atoms with van der Waals surface area (Å²) < 4.78 is 37.9. The average molecular weight is 238 g/mol. The standard InChI is InChI=1S/C9H12O4S.Na/c1-7-2-4-9(5-3-7)8(6-13-9)14(10,11)12;/h2-4,8H,5-6H2,1H3,(H,10,11,12);/q;+1/p-1. The van der Waals surface area contributed by atoms with E-state index in [1.54, 1.807) is 12.2 Å². The van der Waals surface area contributed by atoms with E-state index in [9.17, 15) is 13.0 Å². The van der Waals surface area contributed by atoms with Crippen molar-refractivity contribution >= 4 is 10.1 Å². The Labute approximate surface area is 111 Å². The quantitative estimate of drug-likeness (QED) is 0.376. The van der Waals surface area contributed by atoms with Crippen molar-refractivity contribution in [1.82, 2.24) is 0 Å². The van der Waals surface area contributed by atoms with Crippen molar-refractivity contribution < 1.29 is 47.3 Å². The Morgan fingerprint density at radius 2 is 2.27 bits per heavy atom. The first-order valence-corrected chi connectivity index (χ1v) is 5.86. The van der Waals surface area contributed by atoms with Crippen LogP contribution in [0.5, 0.6) is 0 Å². The Bertz CT molecular complexity index is 412. The molecule has 2 aliphatic rings. The molecule has 4 nitrogen and oxygen atoms in total. The predicted molar refractivity (Wildman–Crippen MR) is 49.7 cm³/mol. The zero-order chi connectivity index (χ0) is 10.4. The molecule has 0 bridgehead atoms. The molecule has 1 aliphatic heterocycles. The molecule has 15 heavy (non-hydrogen) atoms. The minimum absolute atomic E-state index is 0. The normalized spacial score (nSPS) is 34.3. The smallest absolute Gasteiger partial charge is 0.748 e. The first-order chi connectivity index (χ1) is 6.44. The minimum Gasteiger partial charge on any atom is -0.748 e.